The van der Waals surface area contributed by atoms with Crippen LogP contribution in [0.1, 0.15) is 312 Å². The van der Waals surface area contributed by atoms with Gasteiger partial charge in [-0.15, -0.1) is 11.8 Å². The van der Waals surface area contributed by atoms with Gasteiger partial charge < -0.3 is 50.1 Å². The number of amides is 1. The zero-order chi connectivity index (χ0) is 104. The number of ether oxygens (including phenoxy) is 1. The molecule has 8 aromatic carbocycles. The van der Waals surface area contributed by atoms with E-state index in [1.165, 1.54) is 205 Å². The highest BCUT2D eigenvalue weighted by molar-refractivity contribution is 8.00. The minimum absolute atomic E-state index is 0.0255. The SMILES string of the molecule is CC(C)(C)Cc1ccc(C2=CCNCC2)cc1.CC(C)(C)Cc1ccc(C2SCCNC2=O)cc1.CC(C)(C)Cc1ccc(N2CCN3CCCC3C2)cc1.CC(C)Cc1ccc(C2CN(C)CCO2)cc1.CN1CC=C(c2ccc(CC(C)(C)C)cc2)CC1.CN1CCC(Nc2ccc(CC(C)(C)C)cc2)C1.CN1CCC(c2ccc(CC(C)(C)C)cc2)C1.CN1CCCC(c2ccc(CC(C)(C)C)cc2)C1. The summed E-state index contributed by atoms with van der Waals surface area (Å²) in [6.07, 6.45) is 24.4. The molecule has 0 aromatic heterocycles. The second-order valence-electron chi connectivity index (χ2n) is 52.6. The molecule has 1 amide bonds. The van der Waals surface area contributed by atoms with E-state index >= 15 is 0 Å². The summed E-state index contributed by atoms with van der Waals surface area (Å²) < 4.78 is 5.81. The van der Waals surface area contributed by atoms with Crippen LogP contribution >= 0.6 is 11.8 Å². The third-order valence-corrected chi connectivity index (χ3v) is 29.5. The number of carbonyl (C=O) groups excluding carboxylic acids is 1. The second kappa shape index (κ2) is 55.6. The van der Waals surface area contributed by atoms with Crippen molar-refractivity contribution in [2.24, 2.45) is 43.8 Å². The van der Waals surface area contributed by atoms with E-state index in [1.807, 2.05) is 0 Å². The molecule has 0 radical (unpaired) electrons. The van der Waals surface area contributed by atoms with Crippen molar-refractivity contribution in [3.8, 4) is 0 Å². The molecule has 17 rings (SSSR count). The number of morpholine rings is 1. The van der Waals surface area contributed by atoms with Crippen LogP contribution in [0.4, 0.5) is 11.4 Å². The number of anilines is 2. The lowest BCUT2D eigenvalue weighted by molar-refractivity contribution is -0.120. The van der Waals surface area contributed by atoms with Crippen molar-refractivity contribution in [3.05, 3.63) is 284 Å². The maximum absolute atomic E-state index is 11.8. The largest absolute Gasteiger partial charge is 0.381 e. The van der Waals surface area contributed by atoms with Gasteiger partial charge in [0.05, 0.1) is 12.7 Å². The van der Waals surface area contributed by atoms with E-state index in [1.54, 1.807) is 11.8 Å². The van der Waals surface area contributed by atoms with Gasteiger partial charge in [0.2, 0.25) is 5.91 Å². The zero-order valence-electron chi connectivity index (χ0n) is 95.3. The van der Waals surface area contributed by atoms with Crippen molar-refractivity contribution in [2.75, 3.05) is 169 Å². The van der Waals surface area contributed by atoms with Crippen molar-refractivity contribution in [2.45, 2.75) is 297 Å². The minimum Gasteiger partial charge on any atom is -0.381 e. The number of piperazine rings is 1. The van der Waals surface area contributed by atoms with Gasteiger partial charge in [0, 0.05) is 108 Å². The highest BCUT2D eigenvalue weighted by Gasteiger charge is 2.33. The van der Waals surface area contributed by atoms with Crippen molar-refractivity contribution in [1.29, 1.82) is 0 Å². The molecule has 0 spiro atoms. The summed E-state index contributed by atoms with van der Waals surface area (Å²) in [4.78, 5) is 29.0. The van der Waals surface area contributed by atoms with Gasteiger partial charge in [0.15, 0.2) is 0 Å². The van der Waals surface area contributed by atoms with E-state index in [4.69, 9.17) is 4.74 Å². The lowest BCUT2D eigenvalue weighted by Crippen LogP contribution is -2.50. The molecule has 13 heteroatoms. The number of benzene rings is 8. The van der Waals surface area contributed by atoms with Crippen LogP contribution in [0.25, 0.3) is 11.1 Å². The fourth-order valence-corrected chi connectivity index (χ4v) is 22.3. The summed E-state index contributed by atoms with van der Waals surface area (Å²) in [6.45, 7) is 72.9. The Labute approximate surface area is 878 Å². The van der Waals surface area contributed by atoms with Gasteiger partial charge in [-0.3, -0.25) is 9.69 Å². The third-order valence-electron chi connectivity index (χ3n) is 28.3. The Morgan fingerprint density at radius 1 is 0.378 bits per heavy atom. The van der Waals surface area contributed by atoms with E-state index in [-0.39, 0.29) is 17.3 Å². The molecule has 0 bridgehead atoms. The molecule has 8 aromatic rings. The van der Waals surface area contributed by atoms with Crippen LogP contribution in [0.5, 0.6) is 0 Å². The molecule has 3 N–H and O–H groups in total. The topological polar surface area (TPSA) is 85.1 Å². The first-order chi connectivity index (χ1) is 67.4. The summed E-state index contributed by atoms with van der Waals surface area (Å²) in [5.74, 6) is 3.36. The Hall–Kier alpha value is -7.66. The molecule has 12 nitrogen and oxygen atoms in total. The highest BCUT2D eigenvalue weighted by Crippen LogP contribution is 2.37. The number of piperidine rings is 1. The average Bonchev–Trinajstić information content (AvgIpc) is 1.77. The van der Waals surface area contributed by atoms with Crippen LogP contribution in [-0.2, 0) is 60.9 Å². The Morgan fingerprint density at radius 3 is 1.21 bits per heavy atom. The average molecular weight is 1970 g/mol. The number of nitrogens with zero attached hydrogens (tertiary/aromatic N) is 7. The molecule has 7 saturated heterocycles. The standard InChI is InChI=1S/C18H28N2.C17H25N.C17H27N.C16H26N2.C16H25N.C16H23N.C15H21NOS.C15H23NO/c1-18(2,3)13-15-6-8-16(9-7-15)20-12-11-19-10-4-5-17(19)14-20;1-17(2,3)13-14-5-7-15(8-6-14)16-9-11-18(4)12-10-16;1-17(2,3)12-14-7-9-15(10-8-14)16-6-5-11-18(4)13-16;1-16(2,3)11-13-5-7-14(8-6-13)17-15-9-10-18(4)12-15;1-16(2,3)11-13-5-7-14(8-6-13)15-9-10-17(4)12-15;1-16(2,3)12-13-4-6-14(7-5-13)15-8-10-17-11-9-15;1-15(2,3)10-11-4-6-12(7-5-11)13-14(17)16-8-9-18-13;1-12(2)10-13-4-6-14(7-5-13)15-11-16(3)8-9-17-15/h6-9,17H,4-5,10-14H2,1-3H3;5-9H,10-13H2,1-4H3;7-10,16H,5-6,11-13H2,1-4H3;5-8,15,17H,9-12H2,1-4H3;5-8,15H,9-12H2,1-4H3;4-8,17H,9-12H2,1-3H3;4-7,13H,8-10H2,1-3H3,(H,16,17);4-7,12,15H,8-11H2,1-3H3. The van der Waals surface area contributed by atoms with Crippen LogP contribution in [0.2, 0.25) is 0 Å². The number of carbonyl (C=O) groups is 1. The summed E-state index contributed by atoms with van der Waals surface area (Å²) in [6, 6.07) is 74.1. The van der Waals surface area contributed by atoms with Gasteiger partial charge >= 0.3 is 0 Å². The van der Waals surface area contributed by atoms with Gasteiger partial charge in [0.25, 0.3) is 0 Å². The molecule has 7 fully saturated rings. The van der Waals surface area contributed by atoms with Gasteiger partial charge in [-0.1, -0.05) is 341 Å². The van der Waals surface area contributed by atoms with E-state index in [9.17, 15) is 4.79 Å². The minimum atomic E-state index is -0.0255. The van der Waals surface area contributed by atoms with Crippen molar-refractivity contribution >= 4 is 40.2 Å². The van der Waals surface area contributed by atoms with E-state index < -0.39 is 0 Å². The monoisotopic (exact) mass is 1960 g/mol. The van der Waals surface area contributed by atoms with E-state index in [0.29, 0.717) is 43.9 Å². The lowest BCUT2D eigenvalue weighted by atomic mass is 9.86. The normalized spacial score (nSPS) is 20.8. The molecule has 6 unspecified atom stereocenters. The Bertz CT molecular complexity index is 5050. The first-order valence-corrected chi connectivity index (χ1v) is 56.5. The van der Waals surface area contributed by atoms with Crippen molar-refractivity contribution in [3.63, 3.8) is 0 Å². The number of nitrogens with one attached hydrogen (secondary N) is 3. The highest BCUT2D eigenvalue weighted by atomic mass is 32.2. The zero-order valence-corrected chi connectivity index (χ0v) is 96.1. The first kappa shape index (κ1) is 117. The quantitative estimate of drug-likeness (QED) is 0.0765. The van der Waals surface area contributed by atoms with Gasteiger partial charge in [-0.25, -0.2) is 0 Å². The van der Waals surface area contributed by atoms with E-state index in [0.717, 1.165) is 145 Å². The van der Waals surface area contributed by atoms with Gasteiger partial charge in [-0.05, 0) is 340 Å². The van der Waals surface area contributed by atoms with Crippen LogP contribution in [0.15, 0.2) is 206 Å². The maximum Gasteiger partial charge on any atom is 0.237 e. The van der Waals surface area contributed by atoms with E-state index in [2.05, 4.69) is 451 Å². The number of rotatable bonds is 18. The number of likely N-dealkylation sites (N-methyl/N-ethyl adjacent to an activating group) is 5. The third kappa shape index (κ3) is 44.7. The fraction of sp³-hybridized carbons (Fsp3) is 0.592. The second-order valence-corrected chi connectivity index (χ2v) is 53.8. The molecule has 9 heterocycles. The van der Waals surface area contributed by atoms with Gasteiger partial charge in [0.1, 0.15) is 5.25 Å². The molecule has 0 saturated carbocycles. The summed E-state index contributed by atoms with van der Waals surface area (Å²) in [5, 5.41) is 9.87. The molecular formula is C130H198N10O2S. The molecule has 786 valence electrons. The molecule has 9 aliphatic rings. The maximum atomic E-state index is 11.8. The molecular weight excluding hydrogens is 1770 g/mol. The summed E-state index contributed by atoms with van der Waals surface area (Å²) in [7, 11) is 11.0. The molecule has 0 aliphatic carbocycles. The Balaban J connectivity index is 0.000000168. The Morgan fingerprint density at radius 2 is 0.790 bits per heavy atom. The fourth-order valence-electron chi connectivity index (χ4n) is 21.3. The number of hydrogen-bond acceptors (Lipinski definition) is 12. The van der Waals surface area contributed by atoms with Crippen LogP contribution < -0.4 is 20.9 Å². The smallest absolute Gasteiger partial charge is 0.237 e. The van der Waals surface area contributed by atoms with Crippen molar-refractivity contribution < 1.29 is 9.53 Å². The molecule has 143 heavy (non-hydrogen) atoms. The van der Waals surface area contributed by atoms with Crippen LogP contribution in [0, 0.1) is 43.8 Å². The number of fused-ring (bicyclic) bond motifs is 1. The number of likely N-dealkylation sites (tertiary alicyclic amines) is 3. The van der Waals surface area contributed by atoms with Gasteiger partial charge in [-0.2, -0.15) is 0 Å². The van der Waals surface area contributed by atoms with Crippen LogP contribution in [0.3, 0.4) is 0 Å². The predicted octanol–water partition coefficient (Wildman–Crippen LogP) is 28.4. The summed E-state index contributed by atoms with van der Waals surface area (Å²) >= 11 is 1.73. The predicted molar refractivity (Wildman–Crippen MR) is 623 cm³/mol. The summed E-state index contributed by atoms with van der Waals surface area (Å²) in [5.41, 5.74) is 28.0. The number of hydrogen-bond donors (Lipinski definition) is 3. The number of thioether (sulfide) groups is 1. The molecule has 6 atom stereocenters. The Kier molecular flexibility index (Phi) is 45.5. The van der Waals surface area contributed by atoms with Crippen LogP contribution in [-0.4, -0.2) is 206 Å². The first-order valence-electron chi connectivity index (χ1n) is 55.4. The lowest BCUT2D eigenvalue weighted by Gasteiger charge is -2.38. The van der Waals surface area contributed by atoms with Crippen molar-refractivity contribution in [1.82, 2.24) is 40.0 Å². The molecule has 9 aliphatic heterocycles.